The zero-order valence-corrected chi connectivity index (χ0v) is 13.3. The minimum Gasteiger partial charge on any atom is -0.497 e. The molecule has 0 aromatic heterocycles. The first-order valence-electron chi connectivity index (χ1n) is 7.11. The largest absolute Gasteiger partial charge is 0.497 e. The Labute approximate surface area is 115 Å². The van der Waals surface area contributed by atoms with E-state index < -0.39 is 0 Å². The fourth-order valence-corrected chi connectivity index (χ4v) is 1.36. The van der Waals surface area contributed by atoms with Gasteiger partial charge in [-0.3, -0.25) is 0 Å². The summed E-state index contributed by atoms with van der Waals surface area (Å²) in [5, 5.41) is 0. The summed E-state index contributed by atoms with van der Waals surface area (Å²) in [5.41, 5.74) is 1.15. The van der Waals surface area contributed by atoms with Crippen LogP contribution in [0, 0.1) is 11.8 Å². The normalized spacial score (nSPS) is 13.4. The van der Waals surface area contributed by atoms with Crippen LogP contribution >= 0.6 is 0 Å². The molecule has 0 radical (unpaired) electrons. The van der Waals surface area contributed by atoms with Crippen LogP contribution in [0.2, 0.25) is 0 Å². The van der Waals surface area contributed by atoms with Gasteiger partial charge in [0.15, 0.2) is 0 Å². The van der Waals surface area contributed by atoms with Crippen molar-refractivity contribution < 1.29 is 4.74 Å². The SMILES string of the molecule is C=C(/C=C\C(=C)C(C)CCC(C)CC)OC.CC. The van der Waals surface area contributed by atoms with Crippen LogP contribution in [0.15, 0.2) is 36.6 Å². The Morgan fingerprint density at radius 2 is 1.67 bits per heavy atom. The molecule has 0 aliphatic carbocycles. The lowest BCUT2D eigenvalue weighted by molar-refractivity contribution is 0.308. The van der Waals surface area contributed by atoms with Crippen LogP contribution in [0.3, 0.4) is 0 Å². The molecule has 0 aromatic rings. The molecule has 0 spiro atoms. The molecule has 1 heteroatoms. The molecule has 0 heterocycles. The van der Waals surface area contributed by atoms with Crippen molar-refractivity contribution in [1.29, 1.82) is 0 Å². The van der Waals surface area contributed by atoms with Crippen LogP contribution in [0.25, 0.3) is 0 Å². The number of methoxy groups -OCH3 is 1. The highest BCUT2D eigenvalue weighted by Crippen LogP contribution is 2.20. The van der Waals surface area contributed by atoms with Crippen molar-refractivity contribution in [3.63, 3.8) is 0 Å². The van der Waals surface area contributed by atoms with Crippen molar-refractivity contribution in [3.8, 4) is 0 Å². The van der Waals surface area contributed by atoms with Crippen LogP contribution < -0.4 is 0 Å². The zero-order valence-electron chi connectivity index (χ0n) is 13.3. The number of ether oxygens (including phenoxy) is 1. The Kier molecular flexibility index (Phi) is 13.4. The van der Waals surface area contributed by atoms with Gasteiger partial charge in [-0.15, -0.1) is 0 Å². The molecule has 0 bridgehead atoms. The van der Waals surface area contributed by atoms with E-state index in [4.69, 9.17) is 4.74 Å². The van der Waals surface area contributed by atoms with Gasteiger partial charge in [-0.25, -0.2) is 0 Å². The van der Waals surface area contributed by atoms with E-state index in [2.05, 4.69) is 33.9 Å². The van der Waals surface area contributed by atoms with Crippen molar-refractivity contribution in [2.24, 2.45) is 11.8 Å². The van der Waals surface area contributed by atoms with E-state index >= 15 is 0 Å². The van der Waals surface area contributed by atoms with Gasteiger partial charge in [-0.1, -0.05) is 72.3 Å². The number of rotatable bonds is 8. The summed E-state index contributed by atoms with van der Waals surface area (Å²) in [7, 11) is 1.63. The number of hydrogen-bond acceptors (Lipinski definition) is 1. The maximum Gasteiger partial charge on any atom is 0.111 e. The average Bonchev–Trinajstić information content (AvgIpc) is 2.43. The Hall–Kier alpha value is -0.980. The maximum absolute atomic E-state index is 4.97. The van der Waals surface area contributed by atoms with E-state index in [1.165, 1.54) is 19.3 Å². The third-order valence-corrected chi connectivity index (χ3v) is 3.17. The topological polar surface area (TPSA) is 9.23 Å². The van der Waals surface area contributed by atoms with Crippen LogP contribution in [0.4, 0.5) is 0 Å². The fourth-order valence-electron chi connectivity index (χ4n) is 1.36. The Morgan fingerprint density at radius 1 is 1.11 bits per heavy atom. The highest BCUT2D eigenvalue weighted by molar-refractivity contribution is 5.22. The van der Waals surface area contributed by atoms with E-state index in [0.29, 0.717) is 11.7 Å². The van der Waals surface area contributed by atoms with Gasteiger partial charge in [-0.05, 0) is 24.3 Å². The quantitative estimate of drug-likeness (QED) is 0.395. The summed E-state index contributed by atoms with van der Waals surface area (Å²) in [6.45, 7) is 18.6. The third kappa shape index (κ3) is 10.2. The van der Waals surface area contributed by atoms with Gasteiger partial charge in [0.1, 0.15) is 5.76 Å². The summed E-state index contributed by atoms with van der Waals surface area (Å²) >= 11 is 0. The minimum absolute atomic E-state index is 0.537. The van der Waals surface area contributed by atoms with Crippen molar-refractivity contribution in [1.82, 2.24) is 0 Å². The molecule has 0 saturated carbocycles. The summed E-state index contributed by atoms with van der Waals surface area (Å²) in [6.07, 6.45) is 7.62. The summed E-state index contributed by atoms with van der Waals surface area (Å²) in [4.78, 5) is 0. The lowest BCUT2D eigenvalue weighted by Gasteiger charge is -2.14. The molecular weight excluding hydrogens is 220 g/mol. The molecule has 1 nitrogen and oxygen atoms in total. The van der Waals surface area contributed by atoms with Crippen molar-refractivity contribution in [3.05, 3.63) is 36.6 Å². The lowest BCUT2D eigenvalue weighted by Crippen LogP contribution is -2.00. The standard InChI is InChI=1S/C15H26O.C2H6/c1-7-12(2)8-9-13(3)14(4)10-11-15(5)16-6;1-2/h10-13H,4-5,7-9H2,1-3,6H3;1-2H3/b11-10-;. The molecule has 0 fully saturated rings. The molecule has 0 amide bonds. The first-order valence-corrected chi connectivity index (χ1v) is 7.11. The van der Waals surface area contributed by atoms with Gasteiger partial charge in [0, 0.05) is 0 Å². The molecule has 18 heavy (non-hydrogen) atoms. The van der Waals surface area contributed by atoms with Crippen LogP contribution in [-0.4, -0.2) is 7.11 Å². The van der Waals surface area contributed by atoms with E-state index in [-0.39, 0.29) is 0 Å². The first kappa shape index (κ1) is 19.4. The predicted octanol–water partition coefficient (Wildman–Crippen LogP) is 5.75. The van der Waals surface area contributed by atoms with E-state index in [1.807, 2.05) is 26.0 Å². The molecule has 0 N–H and O–H groups in total. The molecule has 0 aliphatic heterocycles. The molecule has 2 atom stereocenters. The van der Waals surface area contributed by atoms with Crippen LogP contribution in [0.5, 0.6) is 0 Å². The van der Waals surface area contributed by atoms with Crippen molar-refractivity contribution in [2.75, 3.05) is 7.11 Å². The van der Waals surface area contributed by atoms with Gasteiger partial charge in [0.2, 0.25) is 0 Å². The van der Waals surface area contributed by atoms with E-state index in [9.17, 15) is 0 Å². The minimum atomic E-state index is 0.537. The van der Waals surface area contributed by atoms with Gasteiger partial charge in [0.05, 0.1) is 7.11 Å². The number of hydrogen-bond donors (Lipinski definition) is 0. The molecule has 2 unspecified atom stereocenters. The highest BCUT2D eigenvalue weighted by atomic mass is 16.5. The van der Waals surface area contributed by atoms with Crippen LogP contribution in [-0.2, 0) is 4.74 Å². The van der Waals surface area contributed by atoms with Crippen molar-refractivity contribution >= 4 is 0 Å². The third-order valence-electron chi connectivity index (χ3n) is 3.17. The average molecular weight is 252 g/mol. The molecule has 0 rings (SSSR count). The molecule has 0 aliphatic rings. The zero-order chi connectivity index (χ0) is 14.6. The van der Waals surface area contributed by atoms with Crippen LogP contribution in [0.1, 0.15) is 53.9 Å². The number of allylic oxidation sites excluding steroid dienone is 3. The van der Waals surface area contributed by atoms with Gasteiger partial charge in [-0.2, -0.15) is 0 Å². The Balaban J connectivity index is 0. The summed E-state index contributed by atoms with van der Waals surface area (Å²) < 4.78 is 4.97. The Bertz CT molecular complexity index is 250. The summed E-state index contributed by atoms with van der Waals surface area (Å²) in [5.74, 6) is 2.03. The maximum atomic E-state index is 4.97. The molecule has 0 saturated heterocycles. The first-order chi connectivity index (χ1) is 8.51. The molecule has 0 aromatic carbocycles. The Morgan fingerprint density at radius 3 is 2.11 bits per heavy atom. The van der Waals surface area contributed by atoms with Gasteiger partial charge < -0.3 is 4.74 Å². The smallest absolute Gasteiger partial charge is 0.111 e. The molecular formula is C17H32O. The van der Waals surface area contributed by atoms with E-state index in [0.717, 1.165) is 11.5 Å². The monoisotopic (exact) mass is 252 g/mol. The highest BCUT2D eigenvalue weighted by Gasteiger charge is 2.06. The van der Waals surface area contributed by atoms with E-state index in [1.54, 1.807) is 7.11 Å². The molecule has 106 valence electrons. The lowest BCUT2D eigenvalue weighted by atomic mass is 9.92. The predicted molar refractivity (Wildman–Crippen MR) is 83.6 cm³/mol. The second-order valence-corrected chi connectivity index (χ2v) is 4.57. The van der Waals surface area contributed by atoms with Crippen molar-refractivity contribution in [2.45, 2.75) is 53.9 Å². The second-order valence-electron chi connectivity index (χ2n) is 4.57. The summed E-state index contributed by atoms with van der Waals surface area (Å²) in [6, 6.07) is 0. The van der Waals surface area contributed by atoms with Gasteiger partial charge >= 0.3 is 0 Å². The fraction of sp³-hybridized carbons (Fsp3) is 0.647. The van der Waals surface area contributed by atoms with Gasteiger partial charge in [0.25, 0.3) is 0 Å². The second kappa shape index (κ2) is 12.5.